The Balaban J connectivity index is 1.58. The van der Waals surface area contributed by atoms with Crippen LogP contribution < -0.4 is 10.6 Å². The zero-order valence-corrected chi connectivity index (χ0v) is 22.8. The highest BCUT2D eigenvalue weighted by molar-refractivity contribution is 6.16. The van der Waals surface area contributed by atoms with E-state index in [9.17, 15) is 24.6 Å². The van der Waals surface area contributed by atoms with Crippen LogP contribution in [0.15, 0.2) is 36.4 Å². The average Bonchev–Trinajstić information content (AvgIpc) is 2.86. The first kappa shape index (κ1) is 29.7. The van der Waals surface area contributed by atoms with Gasteiger partial charge in [-0.05, 0) is 32.4 Å². The summed E-state index contributed by atoms with van der Waals surface area (Å²) < 4.78 is 21.3. The highest BCUT2D eigenvalue weighted by Crippen LogP contribution is 2.37. The number of morpholine rings is 1. The number of amides is 3. The quantitative estimate of drug-likeness (QED) is 0.158. The van der Waals surface area contributed by atoms with E-state index in [1.807, 2.05) is 19.2 Å². The molecule has 2 saturated heterocycles. The Kier molecular flexibility index (Phi) is 8.64. The smallest absolute Gasteiger partial charge is 0.280 e. The first-order valence-electron chi connectivity index (χ1n) is 13.2. The molecule has 0 bridgehead atoms. The summed E-state index contributed by atoms with van der Waals surface area (Å²) in [5.74, 6) is -2.17. The maximum atomic E-state index is 15.6. The van der Waals surface area contributed by atoms with Gasteiger partial charge in [0.05, 0.1) is 12.2 Å². The number of rotatable bonds is 9. The Morgan fingerprint density at radius 2 is 1.88 bits per heavy atom. The van der Waals surface area contributed by atoms with Crippen molar-refractivity contribution in [3.05, 3.63) is 64.5 Å². The zero-order valence-electron chi connectivity index (χ0n) is 22.8. The van der Waals surface area contributed by atoms with Crippen molar-refractivity contribution in [2.75, 3.05) is 18.4 Å². The van der Waals surface area contributed by atoms with Crippen LogP contribution >= 0.6 is 0 Å². The summed E-state index contributed by atoms with van der Waals surface area (Å²) in [6, 6.07) is 10.0. The summed E-state index contributed by atoms with van der Waals surface area (Å²) >= 11 is 0. The van der Waals surface area contributed by atoms with Gasteiger partial charge in [0.15, 0.2) is 7.85 Å². The number of aliphatic hydroxyl groups is 2. The molecule has 10 nitrogen and oxygen atoms in total. The molecule has 2 aromatic carbocycles. The summed E-state index contributed by atoms with van der Waals surface area (Å²) in [5.41, 5.74) is -3.66. The molecule has 0 aromatic heterocycles. The number of anilines is 1. The lowest BCUT2D eigenvalue weighted by Crippen LogP contribution is -2.68. The molecule has 2 aliphatic rings. The second-order valence-corrected chi connectivity index (χ2v) is 10.6. The maximum Gasteiger partial charge on any atom is 0.280 e. The van der Waals surface area contributed by atoms with Crippen LogP contribution in [0.2, 0.25) is 0 Å². The number of carbonyl (C=O) groups excluding carboxylic acids is 3. The van der Waals surface area contributed by atoms with Crippen LogP contribution in [0.5, 0.6) is 0 Å². The first-order chi connectivity index (χ1) is 18.9. The Bertz CT molecular complexity index is 1280. The fourth-order valence-electron chi connectivity index (χ4n) is 5.53. The SMILES string of the molecule is [B]C(O)(c1c(C)cccc1NCc1cccc(CN2CC(C)OC(C)C2)c1F)N(C=O)C1(O)CCC(=O)NC1=O. The third-order valence-electron chi connectivity index (χ3n) is 7.35. The molecule has 4 N–H and O–H groups in total. The van der Waals surface area contributed by atoms with Gasteiger partial charge in [-0.15, -0.1) is 0 Å². The van der Waals surface area contributed by atoms with Gasteiger partial charge in [0, 0.05) is 61.4 Å². The second-order valence-electron chi connectivity index (χ2n) is 10.6. The third kappa shape index (κ3) is 5.90. The van der Waals surface area contributed by atoms with Crippen molar-refractivity contribution in [3.63, 3.8) is 0 Å². The highest BCUT2D eigenvalue weighted by atomic mass is 19.1. The van der Waals surface area contributed by atoms with Crippen molar-refractivity contribution in [2.45, 2.75) is 70.3 Å². The van der Waals surface area contributed by atoms with E-state index in [2.05, 4.69) is 10.2 Å². The third-order valence-corrected chi connectivity index (χ3v) is 7.35. The Morgan fingerprint density at radius 1 is 1.23 bits per heavy atom. The molecular formula is C28H34BFN4O6. The normalized spacial score (nSPS) is 25.1. The van der Waals surface area contributed by atoms with E-state index in [0.717, 1.165) is 0 Å². The minimum Gasteiger partial charge on any atom is -0.381 e. The number of nitrogens with zero attached hydrogens (tertiary/aromatic N) is 2. The van der Waals surface area contributed by atoms with Crippen molar-refractivity contribution in [1.29, 1.82) is 0 Å². The molecule has 212 valence electrons. The molecule has 0 spiro atoms. The van der Waals surface area contributed by atoms with Gasteiger partial charge in [0.1, 0.15) is 11.4 Å². The van der Waals surface area contributed by atoms with Gasteiger partial charge >= 0.3 is 0 Å². The second kappa shape index (κ2) is 11.7. The molecule has 2 aromatic rings. The number of carbonyl (C=O) groups is 3. The van der Waals surface area contributed by atoms with Crippen LogP contribution in [0.4, 0.5) is 10.1 Å². The number of hydrogen-bond acceptors (Lipinski definition) is 8. The molecule has 2 radical (unpaired) electrons. The van der Waals surface area contributed by atoms with Crippen LogP contribution in [0.3, 0.4) is 0 Å². The summed E-state index contributed by atoms with van der Waals surface area (Å²) in [7, 11) is 6.25. The summed E-state index contributed by atoms with van der Waals surface area (Å²) in [5, 5.41) is 27.5. The molecule has 0 saturated carbocycles. The lowest BCUT2D eigenvalue weighted by atomic mass is 9.77. The number of nitrogens with one attached hydrogen (secondary N) is 2. The van der Waals surface area contributed by atoms with E-state index in [1.54, 1.807) is 43.3 Å². The van der Waals surface area contributed by atoms with Crippen LogP contribution in [0.1, 0.15) is 48.9 Å². The van der Waals surface area contributed by atoms with E-state index in [-0.39, 0.29) is 48.7 Å². The van der Waals surface area contributed by atoms with Gasteiger partial charge in [0.2, 0.25) is 18.0 Å². The number of benzene rings is 2. The lowest BCUT2D eigenvalue weighted by molar-refractivity contribution is -0.206. The van der Waals surface area contributed by atoms with Gasteiger partial charge in [-0.25, -0.2) is 4.39 Å². The van der Waals surface area contributed by atoms with Crippen LogP contribution in [0.25, 0.3) is 0 Å². The van der Waals surface area contributed by atoms with E-state index in [4.69, 9.17) is 12.6 Å². The van der Waals surface area contributed by atoms with Crippen LogP contribution in [0, 0.1) is 12.7 Å². The predicted molar refractivity (Wildman–Crippen MR) is 145 cm³/mol. The topological polar surface area (TPSA) is 131 Å². The van der Waals surface area contributed by atoms with Gasteiger partial charge < -0.3 is 20.3 Å². The van der Waals surface area contributed by atoms with Crippen molar-refractivity contribution in [3.8, 4) is 0 Å². The molecule has 4 unspecified atom stereocenters. The number of hydrogen-bond donors (Lipinski definition) is 4. The lowest BCUT2D eigenvalue weighted by Gasteiger charge is -2.47. The van der Waals surface area contributed by atoms with Crippen molar-refractivity contribution in [1.82, 2.24) is 15.1 Å². The molecular weight excluding hydrogens is 518 g/mol. The van der Waals surface area contributed by atoms with E-state index >= 15 is 4.39 Å². The highest BCUT2D eigenvalue weighted by Gasteiger charge is 2.52. The van der Waals surface area contributed by atoms with Crippen molar-refractivity contribution < 1.29 is 33.7 Å². The Labute approximate surface area is 233 Å². The largest absolute Gasteiger partial charge is 0.381 e. The maximum absolute atomic E-state index is 15.6. The fraction of sp³-hybridized carbons (Fsp3) is 0.464. The summed E-state index contributed by atoms with van der Waals surface area (Å²) in [6.45, 7) is 7.43. The molecule has 4 atom stereocenters. The van der Waals surface area contributed by atoms with E-state index in [0.29, 0.717) is 41.2 Å². The minimum atomic E-state index is -2.67. The summed E-state index contributed by atoms with van der Waals surface area (Å²) in [6.07, 6.45) is -0.559. The molecule has 2 heterocycles. The molecule has 4 rings (SSSR count). The molecule has 40 heavy (non-hydrogen) atoms. The van der Waals surface area contributed by atoms with Gasteiger partial charge in [-0.2, -0.15) is 0 Å². The molecule has 2 fully saturated rings. The monoisotopic (exact) mass is 552 g/mol. The molecule has 12 heteroatoms. The van der Waals surface area contributed by atoms with E-state index in [1.165, 1.54) is 0 Å². The first-order valence-corrected chi connectivity index (χ1v) is 13.2. The van der Waals surface area contributed by atoms with Crippen LogP contribution in [-0.4, -0.2) is 77.1 Å². The fourth-order valence-corrected chi connectivity index (χ4v) is 5.53. The number of piperidine rings is 1. The summed E-state index contributed by atoms with van der Waals surface area (Å²) in [4.78, 5) is 38.8. The minimum absolute atomic E-state index is 0.00641. The number of imide groups is 1. The molecule has 0 aliphatic carbocycles. The van der Waals surface area contributed by atoms with Gasteiger partial charge in [-0.3, -0.25) is 29.5 Å². The van der Waals surface area contributed by atoms with Crippen molar-refractivity contribution >= 4 is 31.8 Å². The molecule has 3 amide bonds. The predicted octanol–water partition coefficient (Wildman–Crippen LogP) is 1.21. The number of ether oxygens (including phenoxy) is 1. The molecule has 2 aliphatic heterocycles. The Morgan fingerprint density at radius 3 is 2.52 bits per heavy atom. The van der Waals surface area contributed by atoms with Crippen LogP contribution in [-0.2, 0) is 37.8 Å². The van der Waals surface area contributed by atoms with E-state index < -0.39 is 29.6 Å². The number of aryl methyl sites for hydroxylation is 1. The standard InChI is InChI=1S/C28H34BFN4O6/c1-17-6-4-9-22(24(17)28(29,39)34(16-35)27(38)11-10-23(36)32-26(27)37)31-12-20-7-5-8-21(25(20)30)15-33-13-18(2)40-19(3)14-33/h4-9,16,18-19,31,38-39H,10-15H2,1-3H3,(H,32,36,37). The Hall–Kier alpha value is -3.32. The van der Waals surface area contributed by atoms with Crippen molar-refractivity contribution in [2.24, 2.45) is 0 Å². The van der Waals surface area contributed by atoms with Gasteiger partial charge in [0.25, 0.3) is 5.91 Å². The number of halogens is 1. The zero-order chi connectivity index (χ0) is 29.2. The average molecular weight is 552 g/mol. The van der Waals surface area contributed by atoms with Gasteiger partial charge in [-0.1, -0.05) is 30.3 Å².